The number of rotatable bonds is 7. The van der Waals surface area contributed by atoms with Gasteiger partial charge in [-0.1, -0.05) is 13.3 Å². The Hall–Kier alpha value is -2.41. The van der Waals surface area contributed by atoms with Crippen LogP contribution in [0.4, 0.5) is 11.4 Å². The lowest BCUT2D eigenvalue weighted by molar-refractivity contribution is 0.171. The molecule has 1 N–H and O–H groups in total. The van der Waals surface area contributed by atoms with Gasteiger partial charge in [-0.05, 0) is 42.8 Å². The summed E-state index contributed by atoms with van der Waals surface area (Å²) in [6.07, 6.45) is 2.26. The lowest BCUT2D eigenvalue weighted by Gasteiger charge is -2.20. The van der Waals surface area contributed by atoms with Crippen molar-refractivity contribution >= 4 is 21.4 Å². The first-order valence-corrected chi connectivity index (χ1v) is 10.2. The molecule has 140 valence electrons. The molecular weight excluding hydrogens is 352 g/mol. The zero-order valence-corrected chi connectivity index (χ0v) is 15.9. The van der Waals surface area contributed by atoms with Crippen molar-refractivity contribution in [2.45, 2.75) is 24.7 Å². The van der Waals surface area contributed by atoms with E-state index in [0.29, 0.717) is 30.4 Å². The van der Waals surface area contributed by atoms with Crippen molar-refractivity contribution in [3.05, 3.63) is 42.5 Å². The molecule has 0 saturated heterocycles. The highest BCUT2D eigenvalue weighted by Gasteiger charge is 2.19. The predicted octanol–water partition coefficient (Wildman–Crippen LogP) is 3.49. The smallest absolute Gasteiger partial charge is 0.262 e. The van der Waals surface area contributed by atoms with Gasteiger partial charge in [-0.25, -0.2) is 8.42 Å². The number of hydrogen-bond acceptors (Lipinski definition) is 5. The highest BCUT2D eigenvalue weighted by Crippen LogP contribution is 2.32. The fraction of sp³-hybridized carbons (Fsp3) is 0.368. The third-order valence-corrected chi connectivity index (χ3v) is 5.61. The maximum absolute atomic E-state index is 12.6. The van der Waals surface area contributed by atoms with E-state index >= 15 is 0 Å². The van der Waals surface area contributed by atoms with Crippen LogP contribution in [-0.4, -0.2) is 35.2 Å². The molecule has 0 radical (unpaired) electrons. The molecule has 1 heterocycles. The summed E-state index contributed by atoms with van der Waals surface area (Å²) in [4.78, 5) is 2.30. The first-order chi connectivity index (χ1) is 12.5. The number of anilines is 2. The molecule has 2 aromatic carbocycles. The maximum Gasteiger partial charge on any atom is 0.262 e. The zero-order valence-electron chi connectivity index (χ0n) is 15.1. The summed E-state index contributed by atoms with van der Waals surface area (Å²) in [5.41, 5.74) is 1.58. The first-order valence-electron chi connectivity index (χ1n) is 8.73. The largest absolute Gasteiger partial charge is 0.486 e. The molecular formula is C19H24N2O4S. The number of nitrogens with zero attached hydrogens (tertiary/aromatic N) is 1. The fourth-order valence-electron chi connectivity index (χ4n) is 2.71. The van der Waals surface area contributed by atoms with Gasteiger partial charge in [0.25, 0.3) is 10.0 Å². The third-order valence-electron chi connectivity index (χ3n) is 4.23. The Labute approximate surface area is 154 Å². The van der Waals surface area contributed by atoms with E-state index in [0.717, 1.165) is 25.1 Å². The molecule has 1 aliphatic rings. The minimum absolute atomic E-state index is 0.144. The number of hydrogen-bond donors (Lipinski definition) is 1. The fourth-order valence-corrected chi connectivity index (χ4v) is 3.79. The molecule has 0 unspecified atom stereocenters. The quantitative estimate of drug-likeness (QED) is 0.801. The van der Waals surface area contributed by atoms with Gasteiger partial charge in [0.1, 0.15) is 13.2 Å². The Balaban J connectivity index is 1.73. The first kappa shape index (κ1) is 18.4. The molecule has 2 aromatic rings. The highest BCUT2D eigenvalue weighted by molar-refractivity contribution is 7.92. The molecule has 3 rings (SSSR count). The summed E-state index contributed by atoms with van der Waals surface area (Å²) in [6.45, 7) is 4.01. The van der Waals surface area contributed by atoms with Crippen LogP contribution in [0.3, 0.4) is 0 Å². The monoisotopic (exact) mass is 376 g/mol. The molecule has 0 aliphatic carbocycles. The van der Waals surface area contributed by atoms with E-state index in [-0.39, 0.29) is 4.90 Å². The molecule has 0 atom stereocenters. The van der Waals surface area contributed by atoms with Gasteiger partial charge in [0.05, 0.1) is 4.90 Å². The van der Waals surface area contributed by atoms with Crippen LogP contribution in [-0.2, 0) is 10.0 Å². The summed E-state index contributed by atoms with van der Waals surface area (Å²) < 4.78 is 38.8. The van der Waals surface area contributed by atoms with E-state index in [9.17, 15) is 8.42 Å². The molecule has 0 saturated carbocycles. The van der Waals surface area contributed by atoms with E-state index in [1.807, 2.05) is 19.2 Å². The SMILES string of the molecule is CCCCN(C)c1ccc(NS(=O)(=O)c2ccc3c(c2)OCCO3)cc1. The van der Waals surface area contributed by atoms with Crippen LogP contribution < -0.4 is 19.1 Å². The van der Waals surface area contributed by atoms with E-state index in [2.05, 4.69) is 16.5 Å². The van der Waals surface area contributed by atoms with Gasteiger partial charge >= 0.3 is 0 Å². The standard InChI is InChI=1S/C19H24N2O4S/c1-3-4-11-21(2)16-7-5-15(6-8-16)20-26(22,23)17-9-10-18-19(14-17)25-13-12-24-18/h5-10,14,20H,3-4,11-13H2,1-2H3. The van der Waals surface area contributed by atoms with Crippen molar-refractivity contribution < 1.29 is 17.9 Å². The minimum Gasteiger partial charge on any atom is -0.486 e. The Morgan fingerprint density at radius 2 is 1.73 bits per heavy atom. The third kappa shape index (κ3) is 4.22. The summed E-state index contributed by atoms with van der Waals surface area (Å²) in [5.74, 6) is 1.02. The molecule has 0 fully saturated rings. The van der Waals surface area contributed by atoms with Gasteiger partial charge in [0.15, 0.2) is 11.5 Å². The number of fused-ring (bicyclic) bond motifs is 1. The number of unbranched alkanes of at least 4 members (excludes halogenated alkanes) is 1. The summed E-state index contributed by atoms with van der Waals surface area (Å²) in [7, 11) is -1.66. The molecule has 6 nitrogen and oxygen atoms in total. The Kier molecular flexibility index (Phi) is 5.56. The number of benzene rings is 2. The number of nitrogens with one attached hydrogen (secondary N) is 1. The Morgan fingerprint density at radius 1 is 1.04 bits per heavy atom. The topological polar surface area (TPSA) is 67.9 Å². The van der Waals surface area contributed by atoms with Crippen molar-refractivity contribution in [3.8, 4) is 11.5 Å². The minimum atomic E-state index is -3.69. The van der Waals surface area contributed by atoms with Crippen molar-refractivity contribution in [1.29, 1.82) is 0 Å². The van der Waals surface area contributed by atoms with Gasteiger partial charge in [0.2, 0.25) is 0 Å². The van der Waals surface area contributed by atoms with Gasteiger partial charge < -0.3 is 14.4 Å². The second-order valence-electron chi connectivity index (χ2n) is 6.23. The van der Waals surface area contributed by atoms with Crippen LogP contribution >= 0.6 is 0 Å². The molecule has 0 spiro atoms. The molecule has 0 bridgehead atoms. The van der Waals surface area contributed by atoms with Gasteiger partial charge in [0, 0.05) is 31.0 Å². The van der Waals surface area contributed by atoms with Gasteiger partial charge in [-0.15, -0.1) is 0 Å². The number of ether oxygens (including phenoxy) is 2. The summed E-state index contributed by atoms with van der Waals surface area (Å²) in [6, 6.07) is 12.0. The summed E-state index contributed by atoms with van der Waals surface area (Å²) in [5, 5.41) is 0. The van der Waals surface area contributed by atoms with Crippen LogP contribution in [0.1, 0.15) is 19.8 Å². The normalized spacial score (nSPS) is 13.3. The maximum atomic E-state index is 12.6. The predicted molar refractivity (Wildman–Crippen MR) is 103 cm³/mol. The zero-order chi connectivity index (χ0) is 18.6. The second-order valence-corrected chi connectivity index (χ2v) is 7.92. The molecule has 7 heteroatoms. The van der Waals surface area contributed by atoms with Crippen molar-refractivity contribution in [2.24, 2.45) is 0 Å². The molecule has 0 aromatic heterocycles. The van der Waals surface area contributed by atoms with Crippen molar-refractivity contribution in [3.63, 3.8) is 0 Å². The van der Waals surface area contributed by atoms with E-state index in [1.54, 1.807) is 18.2 Å². The lowest BCUT2D eigenvalue weighted by Crippen LogP contribution is -2.18. The van der Waals surface area contributed by atoms with E-state index in [1.165, 1.54) is 12.1 Å². The molecule has 26 heavy (non-hydrogen) atoms. The lowest BCUT2D eigenvalue weighted by atomic mass is 10.2. The number of sulfonamides is 1. The Bertz CT molecular complexity index is 850. The van der Waals surface area contributed by atoms with Crippen LogP contribution in [0.5, 0.6) is 11.5 Å². The summed E-state index contributed by atoms with van der Waals surface area (Å²) >= 11 is 0. The van der Waals surface area contributed by atoms with Crippen LogP contribution in [0, 0.1) is 0 Å². The molecule has 0 amide bonds. The van der Waals surface area contributed by atoms with Crippen molar-refractivity contribution in [1.82, 2.24) is 0 Å². The average molecular weight is 376 g/mol. The van der Waals surface area contributed by atoms with Crippen LogP contribution in [0.2, 0.25) is 0 Å². The van der Waals surface area contributed by atoms with E-state index < -0.39 is 10.0 Å². The van der Waals surface area contributed by atoms with Crippen LogP contribution in [0.25, 0.3) is 0 Å². The van der Waals surface area contributed by atoms with Gasteiger partial charge in [-0.3, -0.25) is 4.72 Å². The Morgan fingerprint density at radius 3 is 2.42 bits per heavy atom. The van der Waals surface area contributed by atoms with E-state index in [4.69, 9.17) is 9.47 Å². The van der Waals surface area contributed by atoms with Crippen molar-refractivity contribution in [2.75, 3.05) is 36.4 Å². The average Bonchev–Trinajstić information content (AvgIpc) is 2.66. The van der Waals surface area contributed by atoms with Crippen LogP contribution in [0.15, 0.2) is 47.4 Å². The second kappa shape index (κ2) is 7.86. The molecule has 1 aliphatic heterocycles. The highest BCUT2D eigenvalue weighted by atomic mass is 32.2. The van der Waals surface area contributed by atoms with Gasteiger partial charge in [-0.2, -0.15) is 0 Å².